The van der Waals surface area contributed by atoms with Crippen LogP contribution in [-0.2, 0) is 15.8 Å². The summed E-state index contributed by atoms with van der Waals surface area (Å²) in [5, 5.41) is 2.43. The molecule has 0 aromatic heterocycles. The molecule has 2 amide bonds. The van der Waals surface area contributed by atoms with Gasteiger partial charge in [0.1, 0.15) is 6.54 Å². The average Bonchev–Trinajstić information content (AvgIpc) is 2.59. The largest absolute Gasteiger partial charge is 0.416 e. The number of alkyl halides is 3. The second-order valence-electron chi connectivity index (χ2n) is 6.47. The number of hydrogen-bond acceptors (Lipinski definition) is 3. The first kappa shape index (κ1) is 17.7. The molecule has 8 heteroatoms. The fourth-order valence-corrected chi connectivity index (χ4v) is 3.35. The molecule has 1 fully saturated rings. The van der Waals surface area contributed by atoms with Gasteiger partial charge in [0.2, 0.25) is 11.8 Å². The van der Waals surface area contributed by atoms with Crippen LogP contribution in [0.25, 0.3) is 0 Å². The topological polar surface area (TPSA) is 52.7 Å². The zero-order valence-electron chi connectivity index (χ0n) is 13.9. The number of hydrogen-bond donors (Lipinski definition) is 1. The number of amides is 2. The molecule has 0 saturated carbocycles. The first-order valence-electron chi connectivity index (χ1n) is 8.34. The monoisotopic (exact) mass is 355 g/mol. The SMILES string of the molecule is CC(C(=O)N1CC(=O)Nc2cc(C(F)(F)F)ccc21)N1CCCCC1. The third-order valence-corrected chi connectivity index (χ3v) is 4.75. The number of nitrogens with one attached hydrogen (secondary N) is 1. The molecule has 1 saturated heterocycles. The van der Waals surface area contributed by atoms with Crippen LogP contribution in [-0.4, -0.2) is 42.4 Å². The third-order valence-electron chi connectivity index (χ3n) is 4.75. The number of carbonyl (C=O) groups excluding carboxylic acids is 2. The van der Waals surface area contributed by atoms with Crippen molar-refractivity contribution in [3.05, 3.63) is 23.8 Å². The quantitative estimate of drug-likeness (QED) is 0.888. The Balaban J connectivity index is 1.88. The maximum atomic E-state index is 12.9. The van der Waals surface area contributed by atoms with Gasteiger partial charge in [-0.1, -0.05) is 6.42 Å². The summed E-state index contributed by atoms with van der Waals surface area (Å²) in [6.07, 6.45) is -1.34. The van der Waals surface area contributed by atoms with Crippen molar-refractivity contribution in [3.8, 4) is 0 Å². The zero-order valence-corrected chi connectivity index (χ0v) is 13.9. The molecule has 0 radical (unpaired) electrons. The van der Waals surface area contributed by atoms with Crippen LogP contribution in [0, 0.1) is 0 Å². The normalized spacial score (nSPS) is 20.0. The minimum Gasteiger partial charge on any atom is -0.323 e. The van der Waals surface area contributed by atoms with E-state index in [4.69, 9.17) is 0 Å². The summed E-state index contributed by atoms with van der Waals surface area (Å²) >= 11 is 0. The highest BCUT2D eigenvalue weighted by molar-refractivity contribution is 6.11. The van der Waals surface area contributed by atoms with Crippen LogP contribution in [0.5, 0.6) is 0 Å². The Morgan fingerprint density at radius 2 is 1.88 bits per heavy atom. The van der Waals surface area contributed by atoms with E-state index >= 15 is 0 Å². The second kappa shape index (κ2) is 6.67. The molecule has 1 aromatic rings. The van der Waals surface area contributed by atoms with Crippen LogP contribution >= 0.6 is 0 Å². The number of piperidine rings is 1. The molecule has 2 aliphatic heterocycles. The summed E-state index contributed by atoms with van der Waals surface area (Å²) in [5.74, 6) is -0.760. The summed E-state index contributed by atoms with van der Waals surface area (Å²) in [6.45, 7) is 3.22. The number of likely N-dealkylation sites (tertiary alicyclic amines) is 1. The molecule has 1 atom stereocenters. The molecular weight excluding hydrogens is 335 g/mol. The fraction of sp³-hybridized carbons (Fsp3) is 0.529. The van der Waals surface area contributed by atoms with E-state index < -0.39 is 23.7 Å². The Labute approximate surface area is 143 Å². The first-order valence-corrected chi connectivity index (χ1v) is 8.34. The highest BCUT2D eigenvalue weighted by Gasteiger charge is 2.36. The minimum atomic E-state index is -4.51. The number of halogens is 3. The van der Waals surface area contributed by atoms with E-state index in [0.29, 0.717) is 5.69 Å². The Morgan fingerprint density at radius 1 is 1.20 bits per heavy atom. The average molecular weight is 355 g/mol. The summed E-state index contributed by atoms with van der Waals surface area (Å²) in [4.78, 5) is 28.1. The Kier molecular flexibility index (Phi) is 4.73. The lowest BCUT2D eigenvalue weighted by Crippen LogP contribution is -2.52. The van der Waals surface area contributed by atoms with Gasteiger partial charge >= 0.3 is 6.18 Å². The van der Waals surface area contributed by atoms with Crippen molar-refractivity contribution in [2.75, 3.05) is 29.9 Å². The lowest BCUT2D eigenvalue weighted by molar-refractivity contribution is -0.137. The van der Waals surface area contributed by atoms with E-state index in [1.54, 1.807) is 6.92 Å². The van der Waals surface area contributed by atoms with Gasteiger partial charge < -0.3 is 5.32 Å². The van der Waals surface area contributed by atoms with E-state index in [2.05, 4.69) is 10.2 Å². The lowest BCUT2D eigenvalue weighted by Gasteiger charge is -2.36. The van der Waals surface area contributed by atoms with Gasteiger partial charge in [0.15, 0.2) is 0 Å². The number of anilines is 2. The maximum Gasteiger partial charge on any atom is 0.416 e. The second-order valence-corrected chi connectivity index (χ2v) is 6.47. The van der Waals surface area contributed by atoms with Crippen molar-refractivity contribution in [2.45, 2.75) is 38.4 Å². The highest BCUT2D eigenvalue weighted by atomic mass is 19.4. The minimum absolute atomic E-state index is 0.0188. The summed E-state index contributed by atoms with van der Waals surface area (Å²) in [6, 6.07) is 2.64. The number of fused-ring (bicyclic) bond motifs is 1. The highest BCUT2D eigenvalue weighted by Crippen LogP contribution is 2.37. The Hall–Kier alpha value is -2.09. The fourth-order valence-electron chi connectivity index (χ4n) is 3.35. The Morgan fingerprint density at radius 3 is 2.52 bits per heavy atom. The van der Waals surface area contributed by atoms with Gasteiger partial charge in [-0.15, -0.1) is 0 Å². The van der Waals surface area contributed by atoms with Crippen LogP contribution in [0.3, 0.4) is 0 Å². The van der Waals surface area contributed by atoms with Gasteiger partial charge in [-0.25, -0.2) is 0 Å². The van der Waals surface area contributed by atoms with Crippen LogP contribution in [0.15, 0.2) is 18.2 Å². The molecule has 136 valence electrons. The van der Waals surface area contributed by atoms with Crippen LogP contribution < -0.4 is 10.2 Å². The van der Waals surface area contributed by atoms with E-state index in [9.17, 15) is 22.8 Å². The lowest BCUT2D eigenvalue weighted by atomic mass is 10.1. The molecule has 1 unspecified atom stereocenters. The number of benzene rings is 1. The van der Waals surface area contributed by atoms with Gasteiger partial charge in [-0.3, -0.25) is 19.4 Å². The zero-order chi connectivity index (χ0) is 18.2. The van der Waals surface area contributed by atoms with Crippen LogP contribution in [0.2, 0.25) is 0 Å². The number of rotatable bonds is 2. The molecule has 0 bridgehead atoms. The molecule has 1 aromatic carbocycles. The van der Waals surface area contributed by atoms with Gasteiger partial charge in [-0.2, -0.15) is 13.2 Å². The molecule has 2 aliphatic rings. The third kappa shape index (κ3) is 3.63. The predicted octanol–water partition coefficient (Wildman–Crippen LogP) is 2.86. The smallest absolute Gasteiger partial charge is 0.323 e. The number of carbonyl (C=O) groups is 2. The van der Waals surface area contributed by atoms with Crippen molar-refractivity contribution < 1.29 is 22.8 Å². The molecule has 25 heavy (non-hydrogen) atoms. The van der Waals surface area contributed by atoms with Crippen molar-refractivity contribution in [1.29, 1.82) is 0 Å². The predicted molar refractivity (Wildman–Crippen MR) is 87.3 cm³/mol. The molecular formula is C17H20F3N3O2. The van der Waals surface area contributed by atoms with Crippen molar-refractivity contribution in [2.24, 2.45) is 0 Å². The van der Waals surface area contributed by atoms with Crippen molar-refractivity contribution >= 4 is 23.2 Å². The molecule has 2 heterocycles. The molecule has 1 N–H and O–H groups in total. The first-order chi connectivity index (χ1) is 11.8. The summed E-state index contributed by atoms with van der Waals surface area (Å²) < 4.78 is 38.6. The van der Waals surface area contributed by atoms with Crippen LogP contribution in [0.4, 0.5) is 24.5 Å². The number of nitrogens with zero attached hydrogens (tertiary/aromatic N) is 2. The van der Waals surface area contributed by atoms with Crippen LogP contribution in [0.1, 0.15) is 31.7 Å². The van der Waals surface area contributed by atoms with Gasteiger partial charge in [0.25, 0.3) is 0 Å². The standard InChI is InChI=1S/C17H20F3N3O2/c1-11(22-7-3-2-4-8-22)16(25)23-10-15(24)21-13-9-12(17(18,19)20)5-6-14(13)23/h5-6,9,11H,2-4,7-8,10H2,1H3,(H,21,24). The Bertz CT molecular complexity index is 684. The van der Waals surface area contributed by atoms with E-state index in [1.807, 2.05) is 0 Å². The van der Waals surface area contributed by atoms with Crippen molar-refractivity contribution in [1.82, 2.24) is 4.90 Å². The summed E-state index contributed by atoms with van der Waals surface area (Å²) in [7, 11) is 0. The molecule has 3 rings (SSSR count). The van der Waals surface area contributed by atoms with Gasteiger partial charge in [-0.05, 0) is 51.1 Å². The molecule has 5 nitrogen and oxygen atoms in total. The van der Waals surface area contributed by atoms with E-state index in [-0.39, 0.29) is 18.1 Å². The maximum absolute atomic E-state index is 12.9. The van der Waals surface area contributed by atoms with E-state index in [1.165, 1.54) is 11.0 Å². The van der Waals surface area contributed by atoms with E-state index in [0.717, 1.165) is 44.5 Å². The molecule has 0 spiro atoms. The van der Waals surface area contributed by atoms with Gasteiger partial charge in [0, 0.05) is 0 Å². The summed E-state index contributed by atoms with van der Waals surface area (Å²) in [5.41, 5.74) is -0.531. The molecule has 0 aliphatic carbocycles. The van der Waals surface area contributed by atoms with Crippen molar-refractivity contribution in [3.63, 3.8) is 0 Å². The van der Waals surface area contributed by atoms with Gasteiger partial charge in [0.05, 0.1) is 23.0 Å².